The summed E-state index contributed by atoms with van der Waals surface area (Å²) in [7, 11) is 0. The van der Waals surface area contributed by atoms with E-state index >= 15 is 0 Å². The molecule has 1 aliphatic rings. The summed E-state index contributed by atoms with van der Waals surface area (Å²) in [6.07, 6.45) is 4.44. The van der Waals surface area contributed by atoms with E-state index in [1.165, 1.54) is 12.8 Å². The lowest BCUT2D eigenvalue weighted by Gasteiger charge is -2.23. The molecule has 5 heteroatoms. The van der Waals surface area contributed by atoms with E-state index in [9.17, 15) is 9.59 Å². The summed E-state index contributed by atoms with van der Waals surface area (Å²) in [5.74, 6) is 0.308. The number of ether oxygens (including phenoxy) is 1. The van der Waals surface area contributed by atoms with Crippen molar-refractivity contribution in [3.63, 3.8) is 0 Å². The second-order valence-electron chi connectivity index (χ2n) is 7.47. The third kappa shape index (κ3) is 5.37. The first-order valence-corrected chi connectivity index (χ1v) is 10.5. The molecular formula is C24H30N2O3. The van der Waals surface area contributed by atoms with Gasteiger partial charge in [0.15, 0.2) is 6.61 Å². The Morgan fingerprint density at radius 1 is 1.00 bits per heavy atom. The predicted octanol–water partition coefficient (Wildman–Crippen LogP) is 4.44. The van der Waals surface area contributed by atoms with Gasteiger partial charge in [-0.2, -0.15) is 0 Å². The Kier molecular flexibility index (Phi) is 7.28. The number of aryl methyl sites for hydroxylation is 1. The molecule has 0 bridgehead atoms. The maximum absolute atomic E-state index is 13.3. The van der Waals surface area contributed by atoms with Gasteiger partial charge in [-0.1, -0.05) is 37.1 Å². The summed E-state index contributed by atoms with van der Waals surface area (Å²) in [5.41, 5.74) is 2.42. The van der Waals surface area contributed by atoms with Crippen molar-refractivity contribution >= 4 is 17.5 Å². The number of nitrogens with zero attached hydrogens (tertiary/aromatic N) is 2. The Morgan fingerprint density at radius 2 is 1.72 bits per heavy atom. The highest BCUT2D eigenvalue weighted by atomic mass is 16.5. The normalized spacial score (nSPS) is 14.2. The predicted molar refractivity (Wildman–Crippen MR) is 116 cm³/mol. The molecule has 154 valence electrons. The first-order valence-electron chi connectivity index (χ1n) is 10.5. The van der Waals surface area contributed by atoms with Gasteiger partial charge >= 0.3 is 0 Å². The highest BCUT2D eigenvalue weighted by Gasteiger charge is 2.21. The van der Waals surface area contributed by atoms with E-state index in [1.807, 2.05) is 55.1 Å². The number of para-hydroxylation sites is 1. The fourth-order valence-corrected chi connectivity index (χ4v) is 3.70. The smallest absolute Gasteiger partial charge is 0.262 e. The molecule has 0 saturated carbocycles. The van der Waals surface area contributed by atoms with E-state index < -0.39 is 0 Å². The molecular weight excluding hydrogens is 364 g/mol. The Bertz CT molecular complexity index is 842. The van der Waals surface area contributed by atoms with Crippen LogP contribution in [0.3, 0.4) is 0 Å². The third-order valence-electron chi connectivity index (χ3n) is 5.30. The van der Waals surface area contributed by atoms with E-state index in [1.54, 1.807) is 17.0 Å². The molecule has 0 aliphatic carbocycles. The van der Waals surface area contributed by atoms with Crippen molar-refractivity contribution in [3.05, 3.63) is 59.7 Å². The first kappa shape index (κ1) is 20.9. The molecule has 0 spiro atoms. The van der Waals surface area contributed by atoms with Gasteiger partial charge in [0.25, 0.3) is 11.8 Å². The van der Waals surface area contributed by atoms with E-state index in [2.05, 4.69) is 0 Å². The fraction of sp³-hybridized carbons (Fsp3) is 0.417. The number of likely N-dealkylation sites (tertiary alicyclic amines) is 1. The monoisotopic (exact) mass is 394 g/mol. The molecule has 5 nitrogen and oxygen atoms in total. The summed E-state index contributed by atoms with van der Waals surface area (Å²) in [6.45, 7) is 6.05. The first-order chi connectivity index (χ1) is 14.1. The molecule has 0 unspecified atom stereocenters. The van der Waals surface area contributed by atoms with Gasteiger partial charge in [0, 0.05) is 25.3 Å². The highest BCUT2D eigenvalue weighted by molar-refractivity contribution is 6.08. The number of amides is 2. The molecule has 29 heavy (non-hydrogen) atoms. The lowest BCUT2D eigenvalue weighted by molar-refractivity contribution is -0.133. The quantitative estimate of drug-likeness (QED) is 0.728. The van der Waals surface area contributed by atoms with Crippen LogP contribution in [-0.2, 0) is 4.79 Å². The van der Waals surface area contributed by atoms with Crippen molar-refractivity contribution in [2.24, 2.45) is 0 Å². The molecule has 1 heterocycles. The van der Waals surface area contributed by atoms with Gasteiger partial charge in [-0.25, -0.2) is 0 Å². The van der Waals surface area contributed by atoms with Crippen LogP contribution in [0, 0.1) is 6.92 Å². The van der Waals surface area contributed by atoms with Gasteiger partial charge in [0.2, 0.25) is 0 Å². The molecule has 3 rings (SSSR count). The minimum absolute atomic E-state index is 0.0137. The summed E-state index contributed by atoms with van der Waals surface area (Å²) < 4.78 is 5.83. The van der Waals surface area contributed by atoms with E-state index in [0.717, 1.165) is 37.2 Å². The molecule has 1 saturated heterocycles. The van der Waals surface area contributed by atoms with Crippen LogP contribution in [0.15, 0.2) is 48.5 Å². The number of carbonyl (C=O) groups is 2. The topological polar surface area (TPSA) is 49.9 Å². The van der Waals surface area contributed by atoms with Crippen LogP contribution in [-0.4, -0.2) is 43.0 Å². The standard InChI is InChI=1S/C24H30N2O3/c1-3-26(20-12-10-11-19(2)17-20)24(28)21-13-6-7-14-22(21)29-18-23(27)25-15-8-4-5-9-16-25/h6-7,10-14,17H,3-5,8-9,15-16,18H2,1-2H3. The maximum atomic E-state index is 13.3. The van der Waals surface area contributed by atoms with Crippen LogP contribution < -0.4 is 9.64 Å². The Hall–Kier alpha value is -2.82. The van der Waals surface area contributed by atoms with Crippen LogP contribution in [0.2, 0.25) is 0 Å². The summed E-state index contributed by atoms with van der Waals surface area (Å²) in [6, 6.07) is 15.0. The van der Waals surface area contributed by atoms with Crippen molar-refractivity contribution in [2.75, 3.05) is 31.1 Å². The average Bonchev–Trinajstić information content (AvgIpc) is 3.02. The van der Waals surface area contributed by atoms with Gasteiger partial charge in [-0.05, 0) is 56.5 Å². The fourth-order valence-electron chi connectivity index (χ4n) is 3.70. The number of rotatable bonds is 6. The van der Waals surface area contributed by atoms with E-state index in [-0.39, 0.29) is 18.4 Å². The van der Waals surface area contributed by atoms with Crippen molar-refractivity contribution in [1.29, 1.82) is 0 Å². The van der Waals surface area contributed by atoms with Gasteiger partial charge < -0.3 is 14.5 Å². The van der Waals surface area contributed by atoms with Crippen LogP contribution >= 0.6 is 0 Å². The van der Waals surface area contributed by atoms with Crippen LogP contribution in [0.1, 0.15) is 48.5 Å². The van der Waals surface area contributed by atoms with Gasteiger partial charge in [-0.3, -0.25) is 9.59 Å². The zero-order chi connectivity index (χ0) is 20.6. The summed E-state index contributed by atoms with van der Waals surface area (Å²) in [4.78, 5) is 29.4. The average molecular weight is 395 g/mol. The zero-order valence-corrected chi connectivity index (χ0v) is 17.4. The molecule has 0 aromatic heterocycles. The van der Waals surface area contributed by atoms with Crippen molar-refractivity contribution in [2.45, 2.75) is 39.5 Å². The Morgan fingerprint density at radius 3 is 2.41 bits per heavy atom. The van der Waals surface area contributed by atoms with Crippen LogP contribution in [0.25, 0.3) is 0 Å². The largest absolute Gasteiger partial charge is 0.483 e. The van der Waals surface area contributed by atoms with E-state index in [0.29, 0.717) is 17.9 Å². The van der Waals surface area contributed by atoms with Gasteiger partial charge in [-0.15, -0.1) is 0 Å². The molecule has 0 N–H and O–H groups in total. The minimum atomic E-state index is -0.129. The second kappa shape index (κ2) is 10.1. The molecule has 1 aliphatic heterocycles. The van der Waals surface area contributed by atoms with Gasteiger partial charge in [0.1, 0.15) is 5.75 Å². The lowest BCUT2D eigenvalue weighted by Crippen LogP contribution is -2.36. The molecule has 2 aromatic carbocycles. The van der Waals surface area contributed by atoms with Gasteiger partial charge in [0.05, 0.1) is 5.56 Å². The number of carbonyl (C=O) groups excluding carboxylic acids is 2. The number of hydrogen-bond donors (Lipinski definition) is 0. The number of benzene rings is 2. The van der Waals surface area contributed by atoms with E-state index in [4.69, 9.17) is 4.74 Å². The minimum Gasteiger partial charge on any atom is -0.483 e. The van der Waals surface area contributed by atoms with Crippen LogP contribution in [0.4, 0.5) is 5.69 Å². The Balaban J connectivity index is 1.73. The van der Waals surface area contributed by atoms with Crippen LogP contribution in [0.5, 0.6) is 5.75 Å². The molecule has 0 radical (unpaired) electrons. The third-order valence-corrected chi connectivity index (χ3v) is 5.30. The van der Waals surface area contributed by atoms with Crippen molar-refractivity contribution in [1.82, 2.24) is 4.90 Å². The molecule has 2 amide bonds. The lowest BCUT2D eigenvalue weighted by atomic mass is 10.1. The number of hydrogen-bond acceptors (Lipinski definition) is 3. The van der Waals surface area contributed by atoms with Crippen molar-refractivity contribution in [3.8, 4) is 5.75 Å². The maximum Gasteiger partial charge on any atom is 0.262 e. The Labute approximate surface area is 173 Å². The van der Waals surface area contributed by atoms with Crippen molar-refractivity contribution < 1.29 is 14.3 Å². The SMILES string of the molecule is CCN(C(=O)c1ccccc1OCC(=O)N1CCCCCC1)c1cccc(C)c1. The molecule has 0 atom stereocenters. The second-order valence-corrected chi connectivity index (χ2v) is 7.47. The molecule has 1 fully saturated rings. The number of anilines is 1. The zero-order valence-electron chi connectivity index (χ0n) is 17.4. The highest BCUT2D eigenvalue weighted by Crippen LogP contribution is 2.24. The summed E-state index contributed by atoms with van der Waals surface area (Å²) in [5, 5.41) is 0. The molecule has 2 aromatic rings. The summed E-state index contributed by atoms with van der Waals surface area (Å²) >= 11 is 0.